The van der Waals surface area contributed by atoms with E-state index in [2.05, 4.69) is 4.90 Å². The Morgan fingerprint density at radius 2 is 2.00 bits per heavy atom. The largest absolute Gasteiger partial charge is 0.468 e. The van der Waals surface area contributed by atoms with Crippen LogP contribution < -0.4 is 0 Å². The van der Waals surface area contributed by atoms with Crippen molar-refractivity contribution in [2.24, 2.45) is 0 Å². The Hall–Kier alpha value is -0.420. The lowest BCUT2D eigenvalue weighted by Crippen LogP contribution is -2.58. The molecule has 0 aromatic rings. The summed E-state index contributed by atoms with van der Waals surface area (Å²) >= 11 is 0. The minimum atomic E-state index is -0.622. The minimum Gasteiger partial charge on any atom is -0.468 e. The van der Waals surface area contributed by atoms with E-state index >= 15 is 0 Å². The Bertz CT molecular complexity index is 272. The fourth-order valence-corrected chi connectivity index (χ4v) is 3.62. The lowest BCUT2D eigenvalue weighted by atomic mass is 9.97. The fraction of sp³-hybridized carbons (Fsp3) is 0.900. The predicted molar refractivity (Wildman–Crippen MR) is 58.0 cm³/mol. The summed E-state index contributed by atoms with van der Waals surface area (Å²) in [7, 11) is 0.817. The number of likely N-dealkylation sites (tertiary alicyclic amines) is 1. The molecule has 15 heavy (non-hydrogen) atoms. The summed E-state index contributed by atoms with van der Waals surface area (Å²) in [6.45, 7) is 0.983. The van der Waals surface area contributed by atoms with Gasteiger partial charge in [-0.2, -0.15) is 0 Å². The number of methoxy groups -OCH3 is 1. The first-order valence-corrected chi connectivity index (χ1v) is 6.89. The molecule has 0 amide bonds. The third kappa shape index (κ3) is 2.23. The van der Waals surface area contributed by atoms with Crippen molar-refractivity contribution in [1.29, 1.82) is 0 Å². The molecule has 86 valence electrons. The van der Waals surface area contributed by atoms with E-state index in [4.69, 9.17) is 4.74 Å². The van der Waals surface area contributed by atoms with Crippen molar-refractivity contribution in [3.8, 4) is 0 Å². The van der Waals surface area contributed by atoms with Crippen molar-refractivity contribution in [2.75, 3.05) is 25.2 Å². The normalized spacial score (nSPS) is 37.0. The van der Waals surface area contributed by atoms with Crippen LogP contribution in [0.3, 0.4) is 0 Å². The maximum absolute atomic E-state index is 11.4. The third-order valence-electron chi connectivity index (χ3n) is 3.36. The van der Waals surface area contributed by atoms with Crippen LogP contribution in [0, 0.1) is 0 Å². The summed E-state index contributed by atoms with van der Waals surface area (Å²) in [6, 6.07) is 0.409. The van der Waals surface area contributed by atoms with Crippen LogP contribution in [0.4, 0.5) is 0 Å². The monoisotopic (exact) mass is 231 g/mol. The Balaban J connectivity index is 1.89. The highest BCUT2D eigenvalue weighted by molar-refractivity contribution is 7.85. The first-order valence-electron chi connectivity index (χ1n) is 5.41. The van der Waals surface area contributed by atoms with E-state index in [0.717, 1.165) is 37.3 Å². The van der Waals surface area contributed by atoms with Gasteiger partial charge in [0.25, 0.3) is 0 Å². The van der Waals surface area contributed by atoms with Crippen molar-refractivity contribution in [3.63, 3.8) is 0 Å². The number of nitrogens with zero attached hydrogens (tertiary/aromatic N) is 1. The Kier molecular flexibility index (Phi) is 3.41. The number of carbonyl (C=O) groups is 1. The smallest absolute Gasteiger partial charge is 0.323 e. The van der Waals surface area contributed by atoms with Crippen molar-refractivity contribution >= 4 is 16.8 Å². The molecule has 5 heteroatoms. The molecular weight excluding hydrogens is 214 g/mol. The number of esters is 1. The second kappa shape index (κ2) is 4.61. The Morgan fingerprint density at radius 1 is 1.33 bits per heavy atom. The molecule has 4 nitrogen and oxygen atoms in total. The molecule has 2 aliphatic rings. The van der Waals surface area contributed by atoms with Gasteiger partial charge in [0.05, 0.1) is 7.11 Å². The third-order valence-corrected chi connectivity index (χ3v) is 4.74. The van der Waals surface area contributed by atoms with Crippen molar-refractivity contribution < 1.29 is 13.7 Å². The average molecular weight is 231 g/mol. The summed E-state index contributed by atoms with van der Waals surface area (Å²) in [5, 5.41) is 0. The molecule has 0 N–H and O–H groups in total. The minimum absolute atomic E-state index is 0.0356. The maximum atomic E-state index is 11.4. The summed E-state index contributed by atoms with van der Waals surface area (Å²) in [5.41, 5.74) is 0. The summed E-state index contributed by atoms with van der Waals surface area (Å²) in [6.07, 6.45) is 2.83. The van der Waals surface area contributed by atoms with Crippen molar-refractivity contribution in [1.82, 2.24) is 4.90 Å². The topological polar surface area (TPSA) is 46.6 Å². The molecule has 0 aliphatic carbocycles. The molecule has 0 aromatic carbocycles. The molecule has 2 heterocycles. The zero-order valence-electron chi connectivity index (χ0n) is 8.98. The van der Waals surface area contributed by atoms with Gasteiger partial charge in [-0.25, -0.2) is 0 Å². The average Bonchev–Trinajstić information content (AvgIpc) is 2.19. The van der Waals surface area contributed by atoms with Crippen LogP contribution >= 0.6 is 0 Å². The molecule has 0 aromatic heterocycles. The van der Waals surface area contributed by atoms with Crippen LogP contribution in [0.1, 0.15) is 19.3 Å². The van der Waals surface area contributed by atoms with E-state index in [9.17, 15) is 9.00 Å². The molecule has 2 rings (SSSR count). The predicted octanol–water partition coefficient (Wildman–Crippen LogP) is 0.145. The number of hydrogen-bond acceptors (Lipinski definition) is 4. The standard InChI is InChI=1S/C10H17NO3S/c1-14-10(12)9-2-5-11(9)8-3-6-15(13)7-4-8/h8-9H,2-7H2,1H3. The highest BCUT2D eigenvalue weighted by Gasteiger charge is 2.40. The van der Waals surface area contributed by atoms with Gasteiger partial charge < -0.3 is 4.74 Å². The quantitative estimate of drug-likeness (QED) is 0.634. The van der Waals surface area contributed by atoms with E-state index in [-0.39, 0.29) is 12.0 Å². The molecule has 0 bridgehead atoms. The van der Waals surface area contributed by atoms with Gasteiger partial charge in [0, 0.05) is 34.9 Å². The molecule has 0 saturated carbocycles. The maximum Gasteiger partial charge on any atom is 0.323 e. The SMILES string of the molecule is COC(=O)C1CCN1C1CCS(=O)CC1. The van der Waals surface area contributed by atoms with Crippen molar-refractivity contribution in [3.05, 3.63) is 0 Å². The molecule has 0 spiro atoms. The van der Waals surface area contributed by atoms with Crippen LogP contribution in [-0.4, -0.2) is 52.3 Å². The molecule has 1 unspecified atom stereocenters. The second-order valence-corrected chi connectivity index (χ2v) is 5.84. The molecular formula is C10H17NO3S. The van der Waals surface area contributed by atoms with E-state index in [1.165, 1.54) is 7.11 Å². The Labute approximate surface area is 92.4 Å². The molecule has 2 aliphatic heterocycles. The van der Waals surface area contributed by atoms with Crippen LogP contribution in [0.2, 0.25) is 0 Å². The van der Waals surface area contributed by atoms with Gasteiger partial charge >= 0.3 is 5.97 Å². The van der Waals surface area contributed by atoms with Gasteiger partial charge in [0.15, 0.2) is 0 Å². The molecule has 2 saturated heterocycles. The lowest BCUT2D eigenvalue weighted by Gasteiger charge is -2.45. The molecule has 2 fully saturated rings. The lowest BCUT2D eigenvalue weighted by molar-refractivity contribution is -0.154. The summed E-state index contributed by atoms with van der Waals surface area (Å²) in [5.74, 6) is 1.46. The van der Waals surface area contributed by atoms with Crippen LogP contribution in [0.25, 0.3) is 0 Å². The van der Waals surface area contributed by atoms with E-state index < -0.39 is 10.8 Å². The van der Waals surface area contributed by atoms with Gasteiger partial charge in [0.2, 0.25) is 0 Å². The number of rotatable bonds is 2. The summed E-state index contributed by atoms with van der Waals surface area (Å²) < 4.78 is 16.0. The van der Waals surface area contributed by atoms with Gasteiger partial charge in [-0.05, 0) is 19.3 Å². The van der Waals surface area contributed by atoms with Gasteiger partial charge in [-0.15, -0.1) is 0 Å². The Morgan fingerprint density at radius 3 is 2.47 bits per heavy atom. The van der Waals surface area contributed by atoms with Gasteiger partial charge in [-0.1, -0.05) is 0 Å². The second-order valence-electron chi connectivity index (χ2n) is 4.14. The number of ether oxygens (including phenoxy) is 1. The van der Waals surface area contributed by atoms with E-state index in [1.54, 1.807) is 0 Å². The van der Waals surface area contributed by atoms with Crippen LogP contribution in [-0.2, 0) is 20.3 Å². The van der Waals surface area contributed by atoms with Crippen molar-refractivity contribution in [2.45, 2.75) is 31.3 Å². The fourth-order valence-electron chi connectivity index (χ4n) is 2.35. The molecule has 0 radical (unpaired) electrons. The zero-order chi connectivity index (χ0) is 10.8. The van der Waals surface area contributed by atoms with E-state index in [0.29, 0.717) is 6.04 Å². The number of hydrogen-bond donors (Lipinski definition) is 0. The van der Waals surface area contributed by atoms with Crippen LogP contribution in [0.15, 0.2) is 0 Å². The zero-order valence-corrected chi connectivity index (χ0v) is 9.79. The number of carbonyl (C=O) groups excluding carboxylic acids is 1. The summed E-state index contributed by atoms with van der Waals surface area (Å²) in [4.78, 5) is 13.6. The van der Waals surface area contributed by atoms with Gasteiger partial charge in [0.1, 0.15) is 6.04 Å². The first-order chi connectivity index (χ1) is 7.22. The van der Waals surface area contributed by atoms with Crippen LogP contribution in [0.5, 0.6) is 0 Å². The van der Waals surface area contributed by atoms with Gasteiger partial charge in [-0.3, -0.25) is 13.9 Å². The highest BCUT2D eigenvalue weighted by Crippen LogP contribution is 2.27. The highest BCUT2D eigenvalue weighted by atomic mass is 32.2. The molecule has 1 atom stereocenters. The first kappa shape index (κ1) is 11.1. The van der Waals surface area contributed by atoms with E-state index in [1.807, 2.05) is 0 Å².